The summed E-state index contributed by atoms with van der Waals surface area (Å²) in [7, 11) is 0. The first-order valence-corrected chi connectivity index (χ1v) is 7.83. The van der Waals surface area contributed by atoms with Crippen LogP contribution in [0, 0.1) is 17.3 Å². The van der Waals surface area contributed by atoms with Gasteiger partial charge in [0, 0.05) is 0 Å². The SMILES string of the molecule is CC(C)C1CCc2ccccc2C1C1(CC(=O)O)CC1. The van der Waals surface area contributed by atoms with Crippen LogP contribution in [0.5, 0.6) is 0 Å². The molecule has 1 fully saturated rings. The molecule has 1 N–H and O–H groups in total. The average molecular weight is 272 g/mol. The second-order valence-electron chi connectivity index (χ2n) is 7.06. The van der Waals surface area contributed by atoms with Gasteiger partial charge in [0.25, 0.3) is 0 Å². The Balaban J connectivity index is 2.01. The molecule has 0 radical (unpaired) electrons. The van der Waals surface area contributed by atoms with Gasteiger partial charge in [-0.25, -0.2) is 0 Å². The minimum Gasteiger partial charge on any atom is -0.481 e. The van der Waals surface area contributed by atoms with E-state index in [0.29, 0.717) is 24.2 Å². The third-order valence-corrected chi connectivity index (χ3v) is 5.48. The van der Waals surface area contributed by atoms with Crippen molar-refractivity contribution in [3.8, 4) is 0 Å². The summed E-state index contributed by atoms with van der Waals surface area (Å²) in [6, 6.07) is 8.71. The Morgan fingerprint density at radius 2 is 2.05 bits per heavy atom. The van der Waals surface area contributed by atoms with Gasteiger partial charge in [0.1, 0.15) is 0 Å². The van der Waals surface area contributed by atoms with Crippen LogP contribution in [0.3, 0.4) is 0 Å². The lowest BCUT2D eigenvalue weighted by molar-refractivity contribution is -0.138. The van der Waals surface area contributed by atoms with Gasteiger partial charge in [-0.1, -0.05) is 38.1 Å². The number of rotatable bonds is 4. The number of hydrogen-bond acceptors (Lipinski definition) is 1. The monoisotopic (exact) mass is 272 g/mol. The summed E-state index contributed by atoms with van der Waals surface area (Å²) < 4.78 is 0. The molecule has 0 amide bonds. The van der Waals surface area contributed by atoms with Crippen LogP contribution in [0.1, 0.15) is 56.6 Å². The number of benzene rings is 1. The molecule has 3 rings (SSSR count). The highest BCUT2D eigenvalue weighted by atomic mass is 16.4. The Morgan fingerprint density at radius 1 is 1.35 bits per heavy atom. The van der Waals surface area contributed by atoms with Gasteiger partial charge in [-0.3, -0.25) is 4.79 Å². The van der Waals surface area contributed by atoms with Gasteiger partial charge in [-0.05, 0) is 60.0 Å². The normalized spacial score (nSPS) is 27.1. The molecule has 2 nitrogen and oxygen atoms in total. The molecule has 0 aromatic heterocycles. The van der Waals surface area contributed by atoms with Crippen LogP contribution >= 0.6 is 0 Å². The lowest BCUT2D eigenvalue weighted by atomic mass is 9.63. The zero-order valence-electron chi connectivity index (χ0n) is 12.4. The van der Waals surface area contributed by atoms with E-state index < -0.39 is 5.97 Å². The van der Waals surface area contributed by atoms with Crippen LogP contribution in [0.2, 0.25) is 0 Å². The quantitative estimate of drug-likeness (QED) is 0.890. The molecule has 1 aromatic carbocycles. The molecule has 2 heteroatoms. The predicted octanol–water partition coefficient (Wildman–Crippen LogP) is 4.24. The standard InChI is InChI=1S/C18H24O2/c1-12(2)14-8-7-13-5-3-4-6-15(13)17(14)18(9-10-18)11-16(19)20/h3-6,12,14,17H,7-11H2,1-2H3,(H,19,20). The van der Waals surface area contributed by atoms with Gasteiger partial charge in [0.2, 0.25) is 0 Å². The molecule has 2 aliphatic rings. The number of aryl methyl sites for hydroxylation is 1. The largest absolute Gasteiger partial charge is 0.481 e. The molecular weight excluding hydrogens is 248 g/mol. The molecule has 108 valence electrons. The zero-order chi connectivity index (χ0) is 14.3. The van der Waals surface area contributed by atoms with E-state index in [4.69, 9.17) is 0 Å². The summed E-state index contributed by atoms with van der Waals surface area (Å²) in [6.45, 7) is 4.59. The Bertz CT molecular complexity index is 514. The van der Waals surface area contributed by atoms with Crippen LogP contribution in [0.25, 0.3) is 0 Å². The van der Waals surface area contributed by atoms with E-state index in [2.05, 4.69) is 38.1 Å². The Labute approximate surface area is 121 Å². The van der Waals surface area contributed by atoms with Crippen molar-refractivity contribution in [1.82, 2.24) is 0 Å². The maximum Gasteiger partial charge on any atom is 0.303 e. The van der Waals surface area contributed by atoms with Crippen LogP contribution in [-0.4, -0.2) is 11.1 Å². The fraction of sp³-hybridized carbons (Fsp3) is 0.611. The van der Waals surface area contributed by atoms with Gasteiger partial charge >= 0.3 is 5.97 Å². The van der Waals surface area contributed by atoms with Crippen molar-refractivity contribution < 1.29 is 9.90 Å². The Morgan fingerprint density at radius 3 is 2.65 bits per heavy atom. The maximum atomic E-state index is 11.3. The molecule has 0 bridgehead atoms. The second kappa shape index (κ2) is 4.91. The van der Waals surface area contributed by atoms with Crippen LogP contribution in [-0.2, 0) is 11.2 Å². The molecule has 0 heterocycles. The number of aliphatic carboxylic acids is 1. The van der Waals surface area contributed by atoms with E-state index in [1.807, 2.05) is 0 Å². The van der Waals surface area contributed by atoms with Gasteiger partial charge in [0.05, 0.1) is 6.42 Å². The molecule has 0 saturated heterocycles. The van der Waals surface area contributed by atoms with Crippen molar-refractivity contribution in [3.63, 3.8) is 0 Å². The van der Waals surface area contributed by atoms with Crippen molar-refractivity contribution in [3.05, 3.63) is 35.4 Å². The molecule has 20 heavy (non-hydrogen) atoms. The average Bonchev–Trinajstić information content (AvgIpc) is 3.16. The van der Waals surface area contributed by atoms with E-state index in [0.717, 1.165) is 19.3 Å². The highest BCUT2D eigenvalue weighted by Gasteiger charge is 2.55. The van der Waals surface area contributed by atoms with Crippen molar-refractivity contribution in [1.29, 1.82) is 0 Å². The number of carboxylic acids is 1. The van der Waals surface area contributed by atoms with Crippen molar-refractivity contribution >= 4 is 5.97 Å². The molecule has 0 aliphatic heterocycles. The molecule has 2 unspecified atom stereocenters. The Hall–Kier alpha value is -1.31. The molecule has 0 spiro atoms. The number of carbonyl (C=O) groups is 1. The van der Waals surface area contributed by atoms with E-state index in [9.17, 15) is 9.90 Å². The maximum absolute atomic E-state index is 11.3. The molecule has 1 saturated carbocycles. The van der Waals surface area contributed by atoms with E-state index in [1.165, 1.54) is 17.5 Å². The molecule has 1 aromatic rings. The first-order chi connectivity index (χ1) is 9.53. The lowest BCUT2D eigenvalue weighted by Gasteiger charge is -2.41. The summed E-state index contributed by atoms with van der Waals surface area (Å²) >= 11 is 0. The van der Waals surface area contributed by atoms with Crippen molar-refractivity contribution in [2.45, 2.75) is 51.9 Å². The molecule has 2 aliphatic carbocycles. The van der Waals surface area contributed by atoms with Crippen LogP contribution < -0.4 is 0 Å². The predicted molar refractivity (Wildman–Crippen MR) is 79.8 cm³/mol. The third kappa shape index (κ3) is 2.25. The van der Waals surface area contributed by atoms with Gasteiger partial charge in [-0.2, -0.15) is 0 Å². The highest BCUT2D eigenvalue weighted by molar-refractivity contribution is 5.68. The summed E-state index contributed by atoms with van der Waals surface area (Å²) in [4.78, 5) is 11.3. The van der Waals surface area contributed by atoms with Crippen LogP contribution in [0.4, 0.5) is 0 Å². The Kier molecular flexibility index (Phi) is 3.35. The lowest BCUT2D eigenvalue weighted by Crippen LogP contribution is -2.32. The first kappa shape index (κ1) is 13.7. The minimum absolute atomic E-state index is 0.0390. The van der Waals surface area contributed by atoms with E-state index in [-0.39, 0.29) is 5.41 Å². The van der Waals surface area contributed by atoms with Crippen LogP contribution in [0.15, 0.2) is 24.3 Å². The summed E-state index contributed by atoms with van der Waals surface area (Å²) in [5, 5.41) is 9.29. The summed E-state index contributed by atoms with van der Waals surface area (Å²) in [5.74, 6) is 1.07. The number of hydrogen-bond donors (Lipinski definition) is 1. The third-order valence-electron chi connectivity index (χ3n) is 5.48. The van der Waals surface area contributed by atoms with E-state index >= 15 is 0 Å². The smallest absolute Gasteiger partial charge is 0.303 e. The highest BCUT2D eigenvalue weighted by Crippen LogP contribution is 2.64. The zero-order valence-corrected chi connectivity index (χ0v) is 12.4. The number of fused-ring (bicyclic) bond motifs is 1. The first-order valence-electron chi connectivity index (χ1n) is 7.83. The van der Waals surface area contributed by atoms with Gasteiger partial charge < -0.3 is 5.11 Å². The van der Waals surface area contributed by atoms with Crippen molar-refractivity contribution in [2.24, 2.45) is 17.3 Å². The molecular formula is C18H24O2. The fourth-order valence-electron chi connectivity index (χ4n) is 4.35. The van der Waals surface area contributed by atoms with Gasteiger partial charge in [-0.15, -0.1) is 0 Å². The minimum atomic E-state index is -0.631. The summed E-state index contributed by atoms with van der Waals surface area (Å²) in [5.41, 5.74) is 2.93. The fourth-order valence-corrected chi connectivity index (χ4v) is 4.35. The summed E-state index contributed by atoms with van der Waals surface area (Å²) in [6.07, 6.45) is 4.87. The van der Waals surface area contributed by atoms with Gasteiger partial charge in [0.15, 0.2) is 0 Å². The van der Waals surface area contributed by atoms with Crippen molar-refractivity contribution in [2.75, 3.05) is 0 Å². The number of carboxylic acid groups (broad SMARTS) is 1. The second-order valence-corrected chi connectivity index (χ2v) is 7.06. The van der Waals surface area contributed by atoms with E-state index in [1.54, 1.807) is 0 Å². The topological polar surface area (TPSA) is 37.3 Å². The molecule has 2 atom stereocenters.